The highest BCUT2D eigenvalue weighted by Crippen LogP contribution is 2.23. The molecule has 1 N–H and O–H groups in total. The average molecular weight is 226 g/mol. The van der Waals surface area contributed by atoms with Gasteiger partial charge in [-0.25, -0.2) is 4.79 Å². The van der Waals surface area contributed by atoms with E-state index in [0.717, 1.165) is 4.90 Å². The summed E-state index contributed by atoms with van der Waals surface area (Å²) in [6, 6.07) is 9.67. The van der Waals surface area contributed by atoms with Crippen LogP contribution in [0.4, 0.5) is 0 Å². The van der Waals surface area contributed by atoms with Crippen LogP contribution in [0.5, 0.6) is 0 Å². The minimum absolute atomic E-state index is 0.360. The Morgan fingerprint density at radius 2 is 2.00 bits per heavy atom. The van der Waals surface area contributed by atoms with Crippen molar-refractivity contribution in [3.05, 3.63) is 40.6 Å². The molecule has 0 spiro atoms. The van der Waals surface area contributed by atoms with Crippen LogP contribution in [0.15, 0.2) is 45.5 Å². The highest BCUT2D eigenvalue weighted by molar-refractivity contribution is 8.06. The van der Waals surface area contributed by atoms with Crippen molar-refractivity contribution in [3.8, 4) is 0 Å². The van der Waals surface area contributed by atoms with Gasteiger partial charge in [0.2, 0.25) is 0 Å². The van der Waals surface area contributed by atoms with E-state index in [1.807, 2.05) is 30.3 Å². The quantitative estimate of drug-likeness (QED) is 0.632. The van der Waals surface area contributed by atoms with Gasteiger partial charge in [-0.3, -0.25) is 0 Å². The van der Waals surface area contributed by atoms with Crippen molar-refractivity contribution in [1.82, 2.24) is 0 Å². The maximum Gasteiger partial charge on any atom is 0.342 e. The molecule has 0 saturated carbocycles. The van der Waals surface area contributed by atoms with Crippen LogP contribution in [-0.4, -0.2) is 17.3 Å². The number of aliphatic carboxylic acids is 1. The van der Waals surface area contributed by atoms with Gasteiger partial charge in [0.25, 0.3) is 0 Å². The molecule has 0 unspecified atom stereocenters. The summed E-state index contributed by atoms with van der Waals surface area (Å²) in [5, 5.41) is 10.4. The first kappa shape index (κ1) is 11.2. The summed E-state index contributed by atoms with van der Waals surface area (Å²) in [6.45, 7) is 0. The molecule has 0 aliphatic rings. The van der Waals surface area contributed by atoms with Crippen molar-refractivity contribution in [2.24, 2.45) is 0 Å². The Bertz CT molecular complexity index is 333. The largest absolute Gasteiger partial charge is 0.477 e. The van der Waals surface area contributed by atoms with E-state index in [1.165, 1.54) is 23.5 Å². The number of carboxylic acids is 1. The third kappa shape index (κ3) is 3.47. The van der Waals surface area contributed by atoms with Gasteiger partial charge in [-0.05, 0) is 23.8 Å². The number of hydrogen-bond donors (Lipinski definition) is 1. The topological polar surface area (TPSA) is 37.3 Å². The molecule has 0 aliphatic carbocycles. The number of thioether (sulfide) groups is 2. The zero-order valence-electron chi connectivity index (χ0n) is 7.64. The molecule has 0 fully saturated rings. The number of hydrogen-bond acceptors (Lipinski definition) is 3. The monoisotopic (exact) mass is 226 g/mol. The van der Waals surface area contributed by atoms with Gasteiger partial charge < -0.3 is 5.11 Å². The molecule has 74 valence electrons. The van der Waals surface area contributed by atoms with Gasteiger partial charge in [0.15, 0.2) is 0 Å². The van der Waals surface area contributed by atoms with Gasteiger partial charge in [-0.15, -0.1) is 11.8 Å². The van der Waals surface area contributed by atoms with Crippen LogP contribution >= 0.6 is 23.5 Å². The summed E-state index contributed by atoms with van der Waals surface area (Å²) in [5.74, 6) is -0.874. The Hall–Kier alpha value is -0.870. The van der Waals surface area contributed by atoms with Crippen LogP contribution in [-0.2, 0) is 4.79 Å². The van der Waals surface area contributed by atoms with Crippen LogP contribution in [0, 0.1) is 0 Å². The van der Waals surface area contributed by atoms with Crippen LogP contribution in [0.3, 0.4) is 0 Å². The van der Waals surface area contributed by atoms with E-state index in [4.69, 9.17) is 5.11 Å². The van der Waals surface area contributed by atoms with Crippen molar-refractivity contribution < 1.29 is 9.90 Å². The zero-order valence-corrected chi connectivity index (χ0v) is 9.27. The molecule has 4 heteroatoms. The van der Waals surface area contributed by atoms with E-state index in [1.54, 1.807) is 11.7 Å². The van der Waals surface area contributed by atoms with E-state index in [0.29, 0.717) is 4.91 Å². The van der Waals surface area contributed by atoms with Gasteiger partial charge in [-0.1, -0.05) is 30.0 Å². The number of benzene rings is 1. The second kappa shape index (κ2) is 5.78. The standard InChI is InChI=1S/C10H10O2S2/c1-13-9(10(11)12)7-14-8-5-3-2-4-6-8/h2-7H,1H3,(H,11,12)/b9-7-. The molecule has 0 aliphatic heterocycles. The van der Waals surface area contributed by atoms with Crippen molar-refractivity contribution >= 4 is 29.5 Å². The fourth-order valence-corrected chi connectivity index (χ4v) is 2.17. The third-order valence-electron chi connectivity index (χ3n) is 1.48. The van der Waals surface area contributed by atoms with Crippen LogP contribution < -0.4 is 0 Å². The fourth-order valence-electron chi connectivity index (χ4n) is 0.806. The molecule has 1 rings (SSSR count). The number of carboxylic acid groups (broad SMARTS) is 1. The third-order valence-corrected chi connectivity index (χ3v) is 3.26. The molecule has 0 radical (unpaired) electrons. The Labute approximate surface area is 91.4 Å². The maximum atomic E-state index is 10.6. The Balaban J connectivity index is 2.66. The van der Waals surface area contributed by atoms with Gasteiger partial charge in [0.05, 0.1) is 4.91 Å². The number of carbonyl (C=O) groups is 1. The Morgan fingerprint density at radius 1 is 1.36 bits per heavy atom. The molecule has 1 aromatic rings. The molecule has 14 heavy (non-hydrogen) atoms. The lowest BCUT2D eigenvalue weighted by molar-refractivity contribution is -0.131. The van der Waals surface area contributed by atoms with Crippen LogP contribution in [0.2, 0.25) is 0 Å². The highest BCUT2D eigenvalue weighted by atomic mass is 32.2. The van der Waals surface area contributed by atoms with Crippen molar-refractivity contribution in [3.63, 3.8) is 0 Å². The van der Waals surface area contributed by atoms with Crippen LogP contribution in [0.1, 0.15) is 0 Å². The SMILES string of the molecule is CS/C(=C\Sc1ccccc1)C(=O)O. The van der Waals surface area contributed by atoms with Crippen molar-refractivity contribution in [2.45, 2.75) is 4.90 Å². The summed E-state index contributed by atoms with van der Waals surface area (Å²) in [4.78, 5) is 12.1. The van der Waals surface area contributed by atoms with Gasteiger partial charge in [0.1, 0.15) is 0 Å². The predicted octanol–water partition coefficient (Wildman–Crippen LogP) is 3.07. The second-order valence-electron chi connectivity index (χ2n) is 2.42. The average Bonchev–Trinajstić information content (AvgIpc) is 2.20. The van der Waals surface area contributed by atoms with Crippen LogP contribution in [0.25, 0.3) is 0 Å². The summed E-state index contributed by atoms with van der Waals surface area (Å²) >= 11 is 2.66. The normalized spacial score (nSPS) is 11.4. The first-order valence-corrected chi connectivity index (χ1v) is 6.03. The molecule has 0 heterocycles. The van der Waals surface area contributed by atoms with E-state index in [-0.39, 0.29) is 0 Å². The summed E-state index contributed by atoms with van der Waals surface area (Å²) in [5.41, 5.74) is 0. The van der Waals surface area contributed by atoms with E-state index >= 15 is 0 Å². The van der Waals surface area contributed by atoms with E-state index < -0.39 is 5.97 Å². The van der Waals surface area contributed by atoms with E-state index in [9.17, 15) is 4.79 Å². The summed E-state index contributed by atoms with van der Waals surface area (Å²) < 4.78 is 0. The molecular weight excluding hydrogens is 216 g/mol. The first-order chi connectivity index (χ1) is 6.74. The molecule has 0 atom stereocenters. The first-order valence-electron chi connectivity index (χ1n) is 3.93. The second-order valence-corrected chi connectivity index (χ2v) is 4.21. The van der Waals surface area contributed by atoms with Gasteiger partial charge in [-0.2, -0.15) is 0 Å². The Morgan fingerprint density at radius 3 is 2.50 bits per heavy atom. The Kier molecular flexibility index (Phi) is 4.62. The summed E-state index contributed by atoms with van der Waals surface area (Å²) in [7, 11) is 0. The summed E-state index contributed by atoms with van der Waals surface area (Å²) in [6.07, 6.45) is 1.76. The minimum Gasteiger partial charge on any atom is -0.477 e. The van der Waals surface area contributed by atoms with Crippen molar-refractivity contribution in [2.75, 3.05) is 6.26 Å². The van der Waals surface area contributed by atoms with Gasteiger partial charge in [0, 0.05) is 4.90 Å². The van der Waals surface area contributed by atoms with Crippen molar-refractivity contribution in [1.29, 1.82) is 0 Å². The fraction of sp³-hybridized carbons (Fsp3) is 0.100. The molecule has 0 bridgehead atoms. The zero-order chi connectivity index (χ0) is 10.4. The van der Waals surface area contributed by atoms with Gasteiger partial charge >= 0.3 is 5.97 Å². The predicted molar refractivity (Wildman–Crippen MR) is 61.5 cm³/mol. The maximum absolute atomic E-state index is 10.6. The van der Waals surface area contributed by atoms with E-state index in [2.05, 4.69) is 0 Å². The lowest BCUT2D eigenvalue weighted by atomic mass is 10.4. The molecule has 1 aromatic carbocycles. The molecule has 2 nitrogen and oxygen atoms in total. The number of rotatable bonds is 4. The lowest BCUT2D eigenvalue weighted by Gasteiger charge is -1.97. The minimum atomic E-state index is -0.874. The highest BCUT2D eigenvalue weighted by Gasteiger charge is 2.04. The molecule has 0 aromatic heterocycles. The smallest absolute Gasteiger partial charge is 0.342 e. The molecule has 0 saturated heterocycles. The molecular formula is C10H10O2S2. The lowest BCUT2D eigenvalue weighted by Crippen LogP contribution is -1.94. The molecule has 0 amide bonds.